The number of benzene rings is 1. The van der Waals surface area contributed by atoms with Crippen LogP contribution in [0.2, 0.25) is 0 Å². The van der Waals surface area contributed by atoms with Crippen LogP contribution < -0.4 is 11.1 Å². The molecule has 1 atom stereocenters. The van der Waals surface area contributed by atoms with Gasteiger partial charge in [-0.1, -0.05) is 12.1 Å². The van der Waals surface area contributed by atoms with Crippen molar-refractivity contribution in [1.82, 2.24) is 5.32 Å². The van der Waals surface area contributed by atoms with Gasteiger partial charge in [-0.3, -0.25) is 0 Å². The van der Waals surface area contributed by atoms with Crippen LogP contribution in [0.3, 0.4) is 0 Å². The number of nitrogens with one attached hydrogen (secondary N) is 1. The van der Waals surface area contributed by atoms with Crippen molar-refractivity contribution in [3.05, 3.63) is 29.8 Å². The molecule has 0 saturated carbocycles. The van der Waals surface area contributed by atoms with E-state index >= 15 is 0 Å². The second kappa shape index (κ2) is 5.32. The Morgan fingerprint density at radius 1 is 1.38 bits per heavy atom. The first kappa shape index (κ1) is 11.4. The van der Waals surface area contributed by atoms with Crippen LogP contribution in [0.15, 0.2) is 24.3 Å². The molecule has 1 unspecified atom stereocenters. The molecule has 88 valence electrons. The Morgan fingerprint density at radius 2 is 2.12 bits per heavy atom. The van der Waals surface area contributed by atoms with Gasteiger partial charge in [0.25, 0.3) is 0 Å². The summed E-state index contributed by atoms with van der Waals surface area (Å²) in [5.41, 5.74) is 7.38. The molecule has 0 spiro atoms. The van der Waals surface area contributed by atoms with Gasteiger partial charge in [-0.2, -0.15) is 0 Å². The molecule has 0 amide bonds. The summed E-state index contributed by atoms with van der Waals surface area (Å²) >= 11 is 0. The van der Waals surface area contributed by atoms with E-state index in [1.54, 1.807) is 0 Å². The molecule has 0 aliphatic carbocycles. The predicted octanol–water partition coefficient (Wildman–Crippen LogP) is 1.69. The minimum atomic E-state index is -0.369. The van der Waals surface area contributed by atoms with Crippen molar-refractivity contribution in [2.24, 2.45) is 5.92 Å². The minimum absolute atomic E-state index is 0.369. The second-order valence-electron chi connectivity index (χ2n) is 4.61. The molecule has 4 N–H and O–H groups in total. The van der Waals surface area contributed by atoms with Gasteiger partial charge >= 0.3 is 0 Å². The first-order valence-corrected chi connectivity index (χ1v) is 6.00. The number of rotatable bonds is 3. The van der Waals surface area contributed by atoms with E-state index in [-0.39, 0.29) is 6.10 Å². The normalized spacial score (nSPS) is 19.6. The van der Waals surface area contributed by atoms with Crippen molar-refractivity contribution in [2.75, 3.05) is 18.8 Å². The largest absolute Gasteiger partial charge is 0.399 e. The highest BCUT2D eigenvalue weighted by Gasteiger charge is 2.18. The van der Waals surface area contributed by atoms with Crippen LogP contribution in [0.25, 0.3) is 0 Å². The molecule has 1 fully saturated rings. The van der Waals surface area contributed by atoms with Gasteiger partial charge in [-0.05, 0) is 56.0 Å². The summed E-state index contributed by atoms with van der Waals surface area (Å²) in [5.74, 6) is 0.637. The molecule has 1 aliphatic heterocycles. The fourth-order valence-electron chi connectivity index (χ4n) is 2.34. The second-order valence-corrected chi connectivity index (χ2v) is 4.61. The van der Waals surface area contributed by atoms with Crippen molar-refractivity contribution in [2.45, 2.75) is 25.4 Å². The van der Waals surface area contributed by atoms with Crippen molar-refractivity contribution in [1.29, 1.82) is 0 Å². The van der Waals surface area contributed by atoms with E-state index in [4.69, 9.17) is 5.73 Å². The number of hydrogen-bond donors (Lipinski definition) is 3. The topological polar surface area (TPSA) is 58.3 Å². The average molecular weight is 220 g/mol. The van der Waals surface area contributed by atoms with Crippen LogP contribution in [0.4, 0.5) is 5.69 Å². The summed E-state index contributed by atoms with van der Waals surface area (Å²) in [6.45, 7) is 2.16. The van der Waals surface area contributed by atoms with Gasteiger partial charge in [0.1, 0.15) is 0 Å². The van der Waals surface area contributed by atoms with Gasteiger partial charge in [-0.15, -0.1) is 0 Å². The van der Waals surface area contributed by atoms with Gasteiger partial charge in [-0.25, -0.2) is 0 Å². The van der Waals surface area contributed by atoms with Gasteiger partial charge in [0.15, 0.2) is 0 Å². The Hall–Kier alpha value is -1.06. The summed E-state index contributed by atoms with van der Waals surface area (Å²) in [6, 6.07) is 7.56. The molecule has 0 aromatic heterocycles. The van der Waals surface area contributed by atoms with E-state index in [1.165, 1.54) is 12.8 Å². The molecule has 3 heteroatoms. The number of piperidine rings is 1. The monoisotopic (exact) mass is 220 g/mol. The fraction of sp³-hybridized carbons (Fsp3) is 0.538. The van der Waals surface area contributed by atoms with Crippen LogP contribution in [-0.4, -0.2) is 18.2 Å². The molecule has 1 aromatic rings. The summed E-state index contributed by atoms with van der Waals surface area (Å²) in [4.78, 5) is 0. The highest BCUT2D eigenvalue weighted by Crippen LogP contribution is 2.27. The van der Waals surface area contributed by atoms with E-state index in [0.29, 0.717) is 5.92 Å². The first-order chi connectivity index (χ1) is 7.75. The third-order valence-corrected chi connectivity index (χ3v) is 3.31. The minimum Gasteiger partial charge on any atom is -0.399 e. The molecule has 16 heavy (non-hydrogen) atoms. The molecule has 1 saturated heterocycles. The molecular weight excluding hydrogens is 200 g/mol. The number of nitrogen functional groups attached to an aromatic ring is 1. The summed E-state index contributed by atoms with van der Waals surface area (Å²) in [7, 11) is 0. The zero-order chi connectivity index (χ0) is 11.4. The zero-order valence-corrected chi connectivity index (χ0v) is 9.52. The predicted molar refractivity (Wildman–Crippen MR) is 66.0 cm³/mol. The Kier molecular flexibility index (Phi) is 3.80. The lowest BCUT2D eigenvalue weighted by Gasteiger charge is -2.25. The highest BCUT2D eigenvalue weighted by molar-refractivity contribution is 5.41. The van der Waals surface area contributed by atoms with Gasteiger partial charge < -0.3 is 16.2 Å². The van der Waals surface area contributed by atoms with E-state index in [1.807, 2.05) is 24.3 Å². The van der Waals surface area contributed by atoms with Gasteiger partial charge in [0.05, 0.1) is 6.10 Å². The SMILES string of the molecule is Nc1cccc(C(O)CC2CCNCC2)c1. The lowest BCUT2D eigenvalue weighted by molar-refractivity contribution is 0.134. The molecule has 0 radical (unpaired) electrons. The lowest BCUT2D eigenvalue weighted by atomic mass is 9.90. The Balaban J connectivity index is 1.94. The van der Waals surface area contributed by atoms with E-state index < -0.39 is 0 Å². The maximum atomic E-state index is 10.1. The van der Waals surface area contributed by atoms with Crippen molar-refractivity contribution in [3.8, 4) is 0 Å². The van der Waals surface area contributed by atoms with Crippen LogP contribution in [0, 0.1) is 5.92 Å². The average Bonchev–Trinajstić information content (AvgIpc) is 2.30. The molecule has 0 bridgehead atoms. The standard InChI is InChI=1S/C13H20N2O/c14-12-3-1-2-11(9-12)13(16)8-10-4-6-15-7-5-10/h1-3,9-10,13,15-16H,4-8,14H2. The van der Waals surface area contributed by atoms with E-state index in [9.17, 15) is 5.11 Å². The number of nitrogens with two attached hydrogens (primary N) is 1. The van der Waals surface area contributed by atoms with Gasteiger partial charge in [0.2, 0.25) is 0 Å². The molecule has 1 aliphatic rings. The number of aliphatic hydroxyl groups excluding tert-OH is 1. The Labute approximate surface area is 96.7 Å². The molecule has 3 nitrogen and oxygen atoms in total. The quantitative estimate of drug-likeness (QED) is 0.679. The smallest absolute Gasteiger partial charge is 0.0793 e. The lowest BCUT2D eigenvalue weighted by Crippen LogP contribution is -2.28. The molecule has 2 rings (SSSR count). The fourth-order valence-corrected chi connectivity index (χ4v) is 2.34. The van der Waals surface area contributed by atoms with E-state index in [0.717, 1.165) is 30.8 Å². The zero-order valence-electron chi connectivity index (χ0n) is 9.52. The summed E-state index contributed by atoms with van der Waals surface area (Å²) in [5, 5.41) is 13.5. The van der Waals surface area contributed by atoms with Crippen LogP contribution >= 0.6 is 0 Å². The van der Waals surface area contributed by atoms with Crippen molar-refractivity contribution in [3.63, 3.8) is 0 Å². The van der Waals surface area contributed by atoms with Crippen LogP contribution in [0.1, 0.15) is 30.9 Å². The molecular formula is C13H20N2O. The van der Waals surface area contributed by atoms with E-state index in [2.05, 4.69) is 5.32 Å². The number of hydrogen-bond acceptors (Lipinski definition) is 3. The molecule has 1 aromatic carbocycles. The maximum absolute atomic E-state index is 10.1. The molecule has 1 heterocycles. The Morgan fingerprint density at radius 3 is 2.81 bits per heavy atom. The van der Waals surface area contributed by atoms with Crippen LogP contribution in [-0.2, 0) is 0 Å². The van der Waals surface area contributed by atoms with Gasteiger partial charge in [0, 0.05) is 5.69 Å². The third kappa shape index (κ3) is 2.97. The van der Waals surface area contributed by atoms with Crippen molar-refractivity contribution < 1.29 is 5.11 Å². The maximum Gasteiger partial charge on any atom is 0.0793 e. The summed E-state index contributed by atoms with van der Waals surface area (Å²) in [6.07, 6.45) is 2.82. The number of aliphatic hydroxyl groups is 1. The first-order valence-electron chi connectivity index (χ1n) is 6.00. The Bertz CT molecular complexity index is 334. The third-order valence-electron chi connectivity index (χ3n) is 3.31. The van der Waals surface area contributed by atoms with Crippen LogP contribution in [0.5, 0.6) is 0 Å². The highest BCUT2D eigenvalue weighted by atomic mass is 16.3. The number of anilines is 1. The van der Waals surface area contributed by atoms with Crippen molar-refractivity contribution >= 4 is 5.69 Å². The summed E-state index contributed by atoms with van der Waals surface area (Å²) < 4.78 is 0.